The van der Waals surface area contributed by atoms with Crippen LogP contribution in [-0.2, 0) is 9.53 Å². The van der Waals surface area contributed by atoms with E-state index in [0.717, 1.165) is 10.1 Å². The average molecular weight is 316 g/mol. The van der Waals surface area contributed by atoms with Gasteiger partial charge in [0.25, 0.3) is 0 Å². The zero-order chi connectivity index (χ0) is 15.9. The summed E-state index contributed by atoms with van der Waals surface area (Å²) in [6.45, 7) is 0.895. The van der Waals surface area contributed by atoms with Crippen LogP contribution in [0, 0.1) is 17.2 Å². The number of Topliss-reactive ketones (excluding diaryl/α,β-unsaturated/α-hetero) is 1. The smallest absolute Gasteiger partial charge is 0.245 e. The van der Waals surface area contributed by atoms with Crippen LogP contribution < -0.4 is 5.32 Å². The molecule has 5 nitrogen and oxygen atoms in total. The minimum absolute atomic E-state index is 0.380. The number of ether oxygens (including phenoxy) is 1. The fourth-order valence-electron chi connectivity index (χ4n) is 2.01. The fourth-order valence-corrected chi connectivity index (χ4v) is 3.04. The molecule has 114 valence electrons. The summed E-state index contributed by atoms with van der Waals surface area (Å²) in [6, 6.07) is 11.1. The van der Waals surface area contributed by atoms with Gasteiger partial charge in [-0.2, -0.15) is 5.26 Å². The summed E-state index contributed by atoms with van der Waals surface area (Å²) in [5.74, 6) is -2.32. The van der Waals surface area contributed by atoms with Crippen molar-refractivity contribution in [1.82, 2.24) is 5.32 Å². The third kappa shape index (κ3) is 3.70. The van der Waals surface area contributed by atoms with Gasteiger partial charge in [0.05, 0.1) is 10.9 Å². The van der Waals surface area contributed by atoms with E-state index in [1.807, 2.05) is 24.3 Å². The lowest BCUT2D eigenvalue weighted by Crippen LogP contribution is -2.35. The van der Waals surface area contributed by atoms with Gasteiger partial charge in [0, 0.05) is 25.0 Å². The molecule has 1 aromatic carbocycles. The number of nitrogens with one attached hydrogen (secondary N) is 1. The highest BCUT2D eigenvalue weighted by molar-refractivity contribution is 7.20. The average Bonchev–Trinajstić information content (AvgIpc) is 2.96. The molecule has 0 fully saturated rings. The first-order valence-electron chi connectivity index (χ1n) is 6.86. The first-order chi connectivity index (χ1) is 10.7. The van der Waals surface area contributed by atoms with Crippen molar-refractivity contribution in [2.45, 2.75) is 6.42 Å². The summed E-state index contributed by atoms with van der Waals surface area (Å²) in [5, 5.41) is 12.7. The molecule has 0 spiro atoms. The van der Waals surface area contributed by atoms with E-state index in [-0.39, 0.29) is 0 Å². The molecule has 0 saturated carbocycles. The van der Waals surface area contributed by atoms with Crippen LogP contribution in [0.4, 0.5) is 0 Å². The number of carbonyl (C=O) groups excluding carboxylic acids is 2. The van der Waals surface area contributed by atoms with E-state index in [9.17, 15) is 9.59 Å². The molecule has 0 aliphatic heterocycles. The van der Waals surface area contributed by atoms with Crippen molar-refractivity contribution >= 4 is 33.1 Å². The number of nitrogens with zero attached hydrogens (tertiary/aromatic N) is 1. The molecule has 0 saturated heterocycles. The summed E-state index contributed by atoms with van der Waals surface area (Å²) in [7, 11) is 1.57. The molecule has 0 radical (unpaired) electrons. The summed E-state index contributed by atoms with van der Waals surface area (Å²) >= 11 is 1.30. The number of hydrogen-bond donors (Lipinski definition) is 1. The van der Waals surface area contributed by atoms with Gasteiger partial charge in [-0.25, -0.2) is 0 Å². The Balaban J connectivity index is 2.08. The molecule has 22 heavy (non-hydrogen) atoms. The van der Waals surface area contributed by atoms with Crippen LogP contribution in [0.15, 0.2) is 30.3 Å². The molecule has 0 aliphatic rings. The van der Waals surface area contributed by atoms with Gasteiger partial charge in [-0.1, -0.05) is 18.2 Å². The Kier molecular flexibility index (Phi) is 5.64. The highest BCUT2D eigenvalue weighted by atomic mass is 32.1. The van der Waals surface area contributed by atoms with E-state index in [0.29, 0.717) is 24.4 Å². The van der Waals surface area contributed by atoms with Crippen LogP contribution in [0.1, 0.15) is 16.1 Å². The van der Waals surface area contributed by atoms with E-state index in [1.165, 1.54) is 11.3 Å². The fraction of sp³-hybridized carbons (Fsp3) is 0.312. The van der Waals surface area contributed by atoms with Crippen molar-refractivity contribution in [3.05, 3.63) is 35.2 Å². The van der Waals surface area contributed by atoms with Crippen LogP contribution in [-0.4, -0.2) is 32.0 Å². The van der Waals surface area contributed by atoms with Crippen LogP contribution >= 0.6 is 11.3 Å². The van der Waals surface area contributed by atoms with Crippen LogP contribution in [0.3, 0.4) is 0 Å². The lowest BCUT2D eigenvalue weighted by atomic mass is 10.0. The van der Waals surface area contributed by atoms with Crippen molar-refractivity contribution < 1.29 is 14.3 Å². The number of thiophene rings is 1. The Bertz CT molecular complexity index is 684. The highest BCUT2D eigenvalue weighted by Gasteiger charge is 2.28. The number of amides is 1. The lowest BCUT2D eigenvalue weighted by Gasteiger charge is -2.08. The summed E-state index contributed by atoms with van der Waals surface area (Å²) in [4.78, 5) is 24.8. The number of methoxy groups -OCH3 is 1. The van der Waals surface area contributed by atoms with Crippen molar-refractivity contribution in [2.75, 3.05) is 20.3 Å². The van der Waals surface area contributed by atoms with E-state index in [2.05, 4.69) is 5.32 Å². The number of fused-ring (bicyclic) bond motifs is 1. The largest absolute Gasteiger partial charge is 0.385 e. The highest BCUT2D eigenvalue weighted by Crippen LogP contribution is 2.27. The number of carbonyl (C=O) groups is 2. The SMILES string of the molecule is COCCCNC(=O)C(C#N)C(=O)c1cc2ccccc2s1. The zero-order valence-electron chi connectivity index (χ0n) is 12.2. The number of hydrogen-bond acceptors (Lipinski definition) is 5. The molecule has 6 heteroatoms. The number of ketones is 1. The van der Waals surface area contributed by atoms with E-state index >= 15 is 0 Å². The molecular formula is C16H16N2O3S. The summed E-state index contributed by atoms with van der Waals surface area (Å²) in [5.41, 5.74) is 0. The molecule has 0 aliphatic carbocycles. The maximum absolute atomic E-state index is 12.4. The normalized spacial score (nSPS) is 11.8. The number of benzene rings is 1. The van der Waals surface area contributed by atoms with Gasteiger partial charge in [0.1, 0.15) is 0 Å². The van der Waals surface area contributed by atoms with Crippen molar-refractivity contribution in [1.29, 1.82) is 5.26 Å². The molecule has 1 N–H and O–H groups in total. The molecule has 1 unspecified atom stereocenters. The topological polar surface area (TPSA) is 79.2 Å². The second kappa shape index (κ2) is 7.69. The third-order valence-corrected chi connectivity index (χ3v) is 4.28. The van der Waals surface area contributed by atoms with Crippen LogP contribution in [0.25, 0.3) is 10.1 Å². The first kappa shape index (κ1) is 16.1. The van der Waals surface area contributed by atoms with Crippen LogP contribution in [0.2, 0.25) is 0 Å². The lowest BCUT2D eigenvalue weighted by molar-refractivity contribution is -0.122. The Morgan fingerprint density at radius 3 is 2.86 bits per heavy atom. The van der Waals surface area contributed by atoms with Gasteiger partial charge in [-0.05, 0) is 23.9 Å². The van der Waals surface area contributed by atoms with Crippen molar-refractivity contribution in [2.24, 2.45) is 5.92 Å². The van der Waals surface area contributed by atoms with Gasteiger partial charge >= 0.3 is 0 Å². The Morgan fingerprint density at radius 2 is 2.18 bits per heavy atom. The van der Waals surface area contributed by atoms with E-state index in [4.69, 9.17) is 10.00 Å². The predicted molar refractivity (Wildman–Crippen MR) is 84.8 cm³/mol. The second-order valence-corrected chi connectivity index (χ2v) is 5.80. The Labute approximate surface area is 132 Å². The van der Waals surface area contributed by atoms with Crippen molar-refractivity contribution in [3.8, 4) is 6.07 Å². The number of rotatable bonds is 7. The molecule has 0 bridgehead atoms. The molecule has 1 aromatic heterocycles. The number of nitriles is 1. The summed E-state index contributed by atoms with van der Waals surface area (Å²) in [6.07, 6.45) is 0.636. The molecule has 1 amide bonds. The third-order valence-electron chi connectivity index (χ3n) is 3.15. The van der Waals surface area contributed by atoms with Gasteiger partial charge in [0.2, 0.25) is 5.91 Å². The van der Waals surface area contributed by atoms with Gasteiger partial charge in [-0.15, -0.1) is 11.3 Å². The standard InChI is InChI=1S/C16H16N2O3S/c1-21-8-4-7-18-16(20)12(10-17)15(19)14-9-11-5-2-3-6-13(11)22-14/h2-3,5-6,9,12H,4,7-8H2,1H3,(H,18,20). The minimum Gasteiger partial charge on any atom is -0.385 e. The molecule has 2 aromatic rings. The monoisotopic (exact) mass is 316 g/mol. The Morgan fingerprint density at radius 1 is 1.41 bits per heavy atom. The van der Waals surface area contributed by atoms with Gasteiger partial charge in [0.15, 0.2) is 11.7 Å². The Hall–Kier alpha value is -2.23. The van der Waals surface area contributed by atoms with Crippen LogP contribution in [0.5, 0.6) is 0 Å². The maximum Gasteiger partial charge on any atom is 0.245 e. The molecule has 1 atom stereocenters. The maximum atomic E-state index is 12.4. The predicted octanol–water partition coefficient (Wildman–Crippen LogP) is 2.38. The van der Waals surface area contributed by atoms with Gasteiger partial charge < -0.3 is 10.1 Å². The van der Waals surface area contributed by atoms with E-state index < -0.39 is 17.6 Å². The summed E-state index contributed by atoms with van der Waals surface area (Å²) < 4.78 is 5.84. The first-order valence-corrected chi connectivity index (χ1v) is 7.68. The van der Waals surface area contributed by atoms with E-state index in [1.54, 1.807) is 19.2 Å². The zero-order valence-corrected chi connectivity index (χ0v) is 13.0. The molecular weight excluding hydrogens is 300 g/mol. The molecule has 1 heterocycles. The second-order valence-electron chi connectivity index (χ2n) is 4.71. The van der Waals surface area contributed by atoms with Crippen molar-refractivity contribution in [3.63, 3.8) is 0 Å². The quantitative estimate of drug-likeness (QED) is 0.483. The molecule has 2 rings (SSSR count). The van der Waals surface area contributed by atoms with Gasteiger partial charge in [-0.3, -0.25) is 9.59 Å². The minimum atomic E-state index is -1.31.